The largest absolute Gasteiger partial charge is 0.383 e. The van der Waals surface area contributed by atoms with Gasteiger partial charge in [-0.15, -0.1) is 11.3 Å². The second kappa shape index (κ2) is 9.32. The first kappa shape index (κ1) is 19.9. The zero-order valence-electron chi connectivity index (χ0n) is 14.0. The van der Waals surface area contributed by atoms with Gasteiger partial charge in [0, 0.05) is 24.9 Å². The summed E-state index contributed by atoms with van der Waals surface area (Å²) in [6, 6.07) is 9.08. The van der Waals surface area contributed by atoms with E-state index in [1.807, 2.05) is 0 Å². The highest BCUT2D eigenvalue weighted by Crippen LogP contribution is 2.20. The molecule has 0 aliphatic carbocycles. The van der Waals surface area contributed by atoms with Gasteiger partial charge in [0.1, 0.15) is 4.21 Å². The minimum atomic E-state index is -3.63. The maximum Gasteiger partial charge on any atom is 0.271 e. The topological polar surface area (TPSA) is 114 Å². The Morgan fingerprint density at radius 3 is 2.46 bits per heavy atom. The maximum atomic E-state index is 12.1. The number of anilines is 1. The summed E-state index contributed by atoms with van der Waals surface area (Å²) in [7, 11) is -2.10. The second-order valence-electron chi connectivity index (χ2n) is 5.14. The van der Waals surface area contributed by atoms with Crippen molar-refractivity contribution in [3.63, 3.8) is 0 Å². The Kier molecular flexibility index (Phi) is 7.13. The first-order valence-electron chi connectivity index (χ1n) is 7.62. The number of hydrogen-bond donors (Lipinski definition) is 3. The van der Waals surface area contributed by atoms with Crippen LogP contribution >= 0.6 is 11.3 Å². The van der Waals surface area contributed by atoms with Gasteiger partial charge in [0.25, 0.3) is 15.9 Å². The number of benzene rings is 1. The van der Waals surface area contributed by atoms with Gasteiger partial charge in [0.05, 0.1) is 13.2 Å². The number of ether oxygens (including phenoxy) is 1. The van der Waals surface area contributed by atoms with Crippen LogP contribution in [-0.2, 0) is 19.6 Å². The summed E-state index contributed by atoms with van der Waals surface area (Å²) in [4.78, 5) is 23.5. The lowest BCUT2D eigenvalue weighted by Gasteiger charge is -2.08. The SMILES string of the molecule is COCCNC(=O)CNC(=O)c1ccc(NS(=O)(=O)c2cccs2)cc1. The molecule has 0 bridgehead atoms. The molecule has 2 rings (SSSR count). The predicted molar refractivity (Wildman–Crippen MR) is 98.8 cm³/mol. The maximum absolute atomic E-state index is 12.1. The molecule has 0 radical (unpaired) electrons. The smallest absolute Gasteiger partial charge is 0.271 e. The van der Waals surface area contributed by atoms with Crippen LogP contribution in [0.25, 0.3) is 0 Å². The molecule has 10 heteroatoms. The van der Waals surface area contributed by atoms with Crippen LogP contribution in [0.15, 0.2) is 46.0 Å². The van der Waals surface area contributed by atoms with Crippen LogP contribution in [-0.4, -0.2) is 47.0 Å². The number of methoxy groups -OCH3 is 1. The van der Waals surface area contributed by atoms with Crippen LogP contribution in [0.3, 0.4) is 0 Å². The third kappa shape index (κ3) is 5.83. The van der Waals surface area contributed by atoms with Crippen molar-refractivity contribution in [1.29, 1.82) is 0 Å². The molecule has 2 amide bonds. The van der Waals surface area contributed by atoms with Crippen LogP contribution in [0.2, 0.25) is 0 Å². The quantitative estimate of drug-likeness (QED) is 0.547. The Morgan fingerprint density at radius 2 is 1.85 bits per heavy atom. The summed E-state index contributed by atoms with van der Waals surface area (Å²) in [6.07, 6.45) is 0. The molecule has 0 aliphatic heterocycles. The standard InChI is InChI=1S/C16H19N3O5S2/c1-24-9-8-17-14(20)11-18-16(21)12-4-6-13(7-5-12)19-26(22,23)15-3-2-10-25-15/h2-7,10,19H,8-9,11H2,1H3,(H,17,20)(H,18,21). The fraction of sp³-hybridized carbons (Fsp3) is 0.250. The summed E-state index contributed by atoms with van der Waals surface area (Å²) < 4.78 is 31.7. The number of sulfonamides is 1. The summed E-state index contributed by atoms with van der Waals surface area (Å²) in [5, 5.41) is 6.75. The van der Waals surface area contributed by atoms with Crippen LogP contribution in [0.4, 0.5) is 5.69 Å². The van der Waals surface area contributed by atoms with Crippen LogP contribution in [0.5, 0.6) is 0 Å². The molecule has 3 N–H and O–H groups in total. The molecule has 1 heterocycles. The monoisotopic (exact) mass is 397 g/mol. The first-order chi connectivity index (χ1) is 12.4. The zero-order chi connectivity index (χ0) is 19.0. The number of amides is 2. The van der Waals surface area contributed by atoms with E-state index in [4.69, 9.17) is 4.74 Å². The van der Waals surface area contributed by atoms with Gasteiger partial charge < -0.3 is 15.4 Å². The van der Waals surface area contributed by atoms with Crippen LogP contribution < -0.4 is 15.4 Å². The van der Waals surface area contributed by atoms with Crippen molar-refractivity contribution in [2.24, 2.45) is 0 Å². The number of carbonyl (C=O) groups is 2. The average Bonchev–Trinajstić information content (AvgIpc) is 3.16. The van der Waals surface area contributed by atoms with Crippen molar-refractivity contribution in [2.75, 3.05) is 31.5 Å². The van der Waals surface area contributed by atoms with Gasteiger partial charge in [0.2, 0.25) is 5.91 Å². The van der Waals surface area contributed by atoms with Crippen LogP contribution in [0.1, 0.15) is 10.4 Å². The van der Waals surface area contributed by atoms with Crippen molar-refractivity contribution in [3.8, 4) is 0 Å². The fourth-order valence-corrected chi connectivity index (χ4v) is 3.98. The molecule has 26 heavy (non-hydrogen) atoms. The number of thiophene rings is 1. The number of nitrogens with one attached hydrogen (secondary N) is 3. The molecule has 0 atom stereocenters. The lowest BCUT2D eigenvalue weighted by atomic mass is 10.2. The van der Waals surface area contributed by atoms with Crippen molar-refractivity contribution < 1.29 is 22.7 Å². The average molecular weight is 397 g/mol. The predicted octanol–water partition coefficient (Wildman–Crippen LogP) is 1.04. The Morgan fingerprint density at radius 1 is 1.12 bits per heavy atom. The van der Waals surface area contributed by atoms with Gasteiger partial charge in [-0.05, 0) is 35.7 Å². The molecule has 0 aliphatic rings. The summed E-state index contributed by atoms with van der Waals surface area (Å²) in [6.45, 7) is 0.599. The molecular formula is C16H19N3O5S2. The van der Waals surface area contributed by atoms with Crippen molar-refractivity contribution in [1.82, 2.24) is 10.6 Å². The zero-order valence-corrected chi connectivity index (χ0v) is 15.7. The Bertz CT molecular complexity index is 833. The van der Waals surface area contributed by atoms with Crippen molar-refractivity contribution >= 4 is 38.9 Å². The van der Waals surface area contributed by atoms with E-state index in [1.54, 1.807) is 11.4 Å². The van der Waals surface area contributed by atoms with E-state index in [1.165, 1.54) is 37.4 Å². The Balaban J connectivity index is 1.88. The fourth-order valence-electron chi connectivity index (χ4n) is 1.93. The molecular weight excluding hydrogens is 378 g/mol. The Labute approximate surface area is 155 Å². The molecule has 0 unspecified atom stereocenters. The highest BCUT2D eigenvalue weighted by molar-refractivity contribution is 7.94. The highest BCUT2D eigenvalue weighted by atomic mass is 32.2. The molecule has 0 fully saturated rings. The van der Waals surface area contributed by atoms with Gasteiger partial charge in [0.15, 0.2) is 0 Å². The van der Waals surface area contributed by atoms with Gasteiger partial charge in [-0.25, -0.2) is 8.42 Å². The lowest BCUT2D eigenvalue weighted by molar-refractivity contribution is -0.120. The molecule has 0 saturated carbocycles. The van der Waals surface area contributed by atoms with Crippen LogP contribution in [0, 0.1) is 0 Å². The molecule has 1 aromatic carbocycles. The summed E-state index contributed by atoms with van der Waals surface area (Å²) in [5.74, 6) is -0.754. The normalized spacial score (nSPS) is 11.0. The Hall–Kier alpha value is -2.43. The summed E-state index contributed by atoms with van der Waals surface area (Å²) >= 11 is 1.11. The highest BCUT2D eigenvalue weighted by Gasteiger charge is 2.15. The van der Waals surface area contributed by atoms with Gasteiger partial charge in [-0.3, -0.25) is 14.3 Å². The van der Waals surface area contributed by atoms with E-state index in [-0.39, 0.29) is 16.7 Å². The van der Waals surface area contributed by atoms with Crippen molar-refractivity contribution in [2.45, 2.75) is 4.21 Å². The number of carbonyl (C=O) groups excluding carboxylic acids is 2. The molecule has 8 nitrogen and oxygen atoms in total. The second-order valence-corrected chi connectivity index (χ2v) is 8.00. The van der Waals surface area contributed by atoms with E-state index in [0.29, 0.717) is 24.4 Å². The number of hydrogen-bond acceptors (Lipinski definition) is 6. The minimum Gasteiger partial charge on any atom is -0.383 e. The van der Waals surface area contributed by atoms with E-state index < -0.39 is 15.9 Å². The first-order valence-corrected chi connectivity index (χ1v) is 9.99. The van der Waals surface area contributed by atoms with E-state index >= 15 is 0 Å². The molecule has 2 aromatic rings. The summed E-state index contributed by atoms with van der Waals surface area (Å²) in [5.41, 5.74) is 0.654. The molecule has 140 valence electrons. The van der Waals surface area contributed by atoms with E-state index in [9.17, 15) is 18.0 Å². The molecule has 0 spiro atoms. The van der Waals surface area contributed by atoms with E-state index in [0.717, 1.165) is 11.3 Å². The number of rotatable bonds is 9. The third-order valence-electron chi connectivity index (χ3n) is 3.20. The minimum absolute atomic E-state index is 0.157. The van der Waals surface area contributed by atoms with E-state index in [2.05, 4.69) is 15.4 Å². The lowest BCUT2D eigenvalue weighted by Crippen LogP contribution is -2.38. The third-order valence-corrected chi connectivity index (χ3v) is 5.98. The van der Waals surface area contributed by atoms with Crippen molar-refractivity contribution in [3.05, 3.63) is 47.3 Å². The molecule has 0 saturated heterocycles. The van der Waals surface area contributed by atoms with Gasteiger partial charge in [-0.2, -0.15) is 0 Å². The van der Waals surface area contributed by atoms with Gasteiger partial charge in [-0.1, -0.05) is 6.07 Å². The van der Waals surface area contributed by atoms with Gasteiger partial charge >= 0.3 is 0 Å². The molecule has 1 aromatic heterocycles.